The molecule has 4 fully saturated rings. The van der Waals surface area contributed by atoms with Crippen molar-refractivity contribution in [1.29, 1.82) is 0 Å². The molecule has 1 spiro atoms. The molecule has 4 nitrogen and oxygen atoms in total. The second kappa shape index (κ2) is 4.44. The van der Waals surface area contributed by atoms with Gasteiger partial charge in [0, 0.05) is 22.7 Å². The van der Waals surface area contributed by atoms with E-state index < -0.39 is 22.4 Å². The van der Waals surface area contributed by atoms with Crippen molar-refractivity contribution in [1.82, 2.24) is 0 Å². The van der Waals surface area contributed by atoms with Crippen molar-refractivity contribution in [3.05, 3.63) is 0 Å². The van der Waals surface area contributed by atoms with Crippen LogP contribution in [0.1, 0.15) is 78.6 Å². The van der Waals surface area contributed by atoms with E-state index in [9.17, 15) is 19.8 Å². The maximum Gasteiger partial charge on any atom is 0.309 e. The van der Waals surface area contributed by atoms with Crippen LogP contribution >= 0.6 is 0 Å². The first-order valence-corrected chi connectivity index (χ1v) is 9.52. The third kappa shape index (κ3) is 1.60. The van der Waals surface area contributed by atoms with Crippen LogP contribution < -0.4 is 0 Å². The lowest BCUT2D eigenvalue weighted by Crippen LogP contribution is -2.69. The summed E-state index contributed by atoms with van der Waals surface area (Å²) in [6.07, 6.45) is 6.73. The van der Waals surface area contributed by atoms with Crippen LogP contribution in [-0.2, 0) is 9.59 Å². The maximum absolute atomic E-state index is 12.7. The van der Waals surface area contributed by atoms with E-state index in [-0.39, 0.29) is 16.7 Å². The summed E-state index contributed by atoms with van der Waals surface area (Å²) in [6, 6.07) is 0. The van der Waals surface area contributed by atoms with Gasteiger partial charge in [0.1, 0.15) is 5.78 Å². The van der Waals surface area contributed by atoms with Gasteiger partial charge in [-0.2, -0.15) is 0 Å². The van der Waals surface area contributed by atoms with Gasteiger partial charge < -0.3 is 10.2 Å². The fraction of sp³-hybridized carbons (Fsp3) is 0.900. The van der Waals surface area contributed by atoms with Gasteiger partial charge in [0.15, 0.2) is 0 Å². The number of carbonyl (C=O) groups excluding carboxylic acids is 1. The predicted octanol–water partition coefficient (Wildman–Crippen LogP) is 3.56. The minimum absolute atomic E-state index is 0.00747. The van der Waals surface area contributed by atoms with Gasteiger partial charge in [-0.15, -0.1) is 0 Å². The first-order chi connectivity index (χ1) is 11.0. The Morgan fingerprint density at radius 2 is 1.79 bits per heavy atom. The zero-order chi connectivity index (χ0) is 17.6. The summed E-state index contributed by atoms with van der Waals surface area (Å²) in [4.78, 5) is 24.7. The highest BCUT2D eigenvalue weighted by Crippen LogP contribution is 2.74. The number of Topliss-reactive ketones (excluding diaryl/α,β-unsaturated/α-hetero) is 1. The van der Waals surface area contributed by atoms with Crippen LogP contribution in [0.5, 0.6) is 0 Å². The first kappa shape index (κ1) is 16.6. The van der Waals surface area contributed by atoms with E-state index >= 15 is 0 Å². The molecule has 0 heterocycles. The molecule has 0 saturated heterocycles. The highest BCUT2D eigenvalue weighted by atomic mass is 16.4. The third-order valence-corrected chi connectivity index (χ3v) is 9.09. The standard InChI is InChI=1S/C20H30O4/c1-16-9-10-20(24)18(3)7-4-6-17(2,15(22)23)13(18)5-8-19(20,12-16)11-14(16)21/h13,24H,4-12H2,1-3H3,(H,22,23)/t13-,16+,17-,18-,19+,20-/m1/s1. The molecule has 134 valence electrons. The van der Waals surface area contributed by atoms with Gasteiger partial charge in [-0.05, 0) is 57.8 Å². The van der Waals surface area contributed by atoms with Crippen molar-refractivity contribution in [2.75, 3.05) is 0 Å². The van der Waals surface area contributed by atoms with E-state index in [4.69, 9.17) is 0 Å². The Labute approximate surface area is 144 Å². The van der Waals surface area contributed by atoms with Crippen molar-refractivity contribution in [3.8, 4) is 0 Å². The Hall–Kier alpha value is -0.900. The number of aliphatic hydroxyl groups is 1. The van der Waals surface area contributed by atoms with Gasteiger partial charge in [0.25, 0.3) is 0 Å². The number of carboxylic acids is 1. The molecule has 0 radical (unpaired) electrons. The Kier molecular flexibility index (Phi) is 3.06. The summed E-state index contributed by atoms with van der Waals surface area (Å²) < 4.78 is 0. The molecular weight excluding hydrogens is 304 g/mol. The fourth-order valence-corrected chi connectivity index (χ4v) is 7.63. The lowest BCUT2D eigenvalue weighted by atomic mass is 9.38. The van der Waals surface area contributed by atoms with Crippen LogP contribution in [0, 0.1) is 27.6 Å². The van der Waals surface area contributed by atoms with Crippen molar-refractivity contribution in [2.24, 2.45) is 27.6 Å². The summed E-state index contributed by atoms with van der Waals surface area (Å²) in [7, 11) is 0. The fourth-order valence-electron chi connectivity index (χ4n) is 7.63. The van der Waals surface area contributed by atoms with Crippen molar-refractivity contribution < 1.29 is 19.8 Å². The zero-order valence-corrected chi connectivity index (χ0v) is 15.2. The first-order valence-electron chi connectivity index (χ1n) is 9.52. The minimum atomic E-state index is -0.897. The smallest absolute Gasteiger partial charge is 0.309 e. The number of rotatable bonds is 1. The van der Waals surface area contributed by atoms with Crippen LogP contribution in [0.3, 0.4) is 0 Å². The molecule has 0 aromatic heterocycles. The van der Waals surface area contributed by atoms with Crippen LogP contribution in [0.25, 0.3) is 0 Å². The largest absolute Gasteiger partial charge is 0.481 e. The molecule has 0 aromatic rings. The molecule has 4 aliphatic rings. The monoisotopic (exact) mass is 334 g/mol. The van der Waals surface area contributed by atoms with Gasteiger partial charge in [-0.25, -0.2) is 0 Å². The molecule has 0 unspecified atom stereocenters. The number of fused-ring (bicyclic) bond motifs is 3. The number of carboxylic acid groups (broad SMARTS) is 1. The lowest BCUT2D eigenvalue weighted by Gasteiger charge is -2.68. The molecule has 0 aromatic carbocycles. The van der Waals surface area contributed by atoms with Crippen LogP contribution in [0.4, 0.5) is 0 Å². The molecule has 2 N–H and O–H groups in total. The average molecular weight is 334 g/mol. The highest BCUT2D eigenvalue weighted by molar-refractivity contribution is 5.88. The van der Waals surface area contributed by atoms with Gasteiger partial charge in [0.05, 0.1) is 11.0 Å². The number of ketones is 1. The maximum atomic E-state index is 12.7. The molecule has 0 aliphatic heterocycles. The average Bonchev–Trinajstić information content (AvgIpc) is 2.71. The summed E-state index contributed by atoms with van der Waals surface area (Å²) in [5, 5.41) is 21.9. The summed E-state index contributed by atoms with van der Waals surface area (Å²) >= 11 is 0. The molecule has 6 atom stereocenters. The van der Waals surface area contributed by atoms with Crippen molar-refractivity contribution >= 4 is 11.8 Å². The van der Waals surface area contributed by atoms with Crippen molar-refractivity contribution in [3.63, 3.8) is 0 Å². The van der Waals surface area contributed by atoms with E-state index in [1.165, 1.54) is 0 Å². The minimum Gasteiger partial charge on any atom is -0.481 e. The Bertz CT molecular complexity index is 629. The zero-order valence-electron chi connectivity index (χ0n) is 15.2. The molecule has 4 aliphatic carbocycles. The third-order valence-electron chi connectivity index (χ3n) is 9.09. The summed E-state index contributed by atoms with van der Waals surface area (Å²) in [5.41, 5.74) is -2.64. The van der Waals surface area contributed by atoms with Gasteiger partial charge in [0.2, 0.25) is 0 Å². The van der Waals surface area contributed by atoms with E-state index in [0.717, 1.165) is 38.5 Å². The molecule has 0 amide bonds. The SMILES string of the molecule is C[C@@]12CC[C@]3(O)[C@@](CC[C@@H]4[C@](C)(C(=O)O)CCC[C@]43C)(CC1=O)C2. The van der Waals surface area contributed by atoms with Crippen LogP contribution in [0.2, 0.25) is 0 Å². The van der Waals surface area contributed by atoms with E-state index in [2.05, 4.69) is 13.8 Å². The van der Waals surface area contributed by atoms with E-state index in [1.54, 1.807) is 0 Å². The number of aliphatic carboxylic acids is 1. The normalized spacial score (nSPS) is 56.5. The molecule has 4 saturated carbocycles. The predicted molar refractivity (Wildman–Crippen MR) is 89.4 cm³/mol. The topological polar surface area (TPSA) is 74.6 Å². The highest BCUT2D eigenvalue weighted by Gasteiger charge is 2.74. The number of hydrogen-bond donors (Lipinski definition) is 2. The Balaban J connectivity index is 1.83. The molecule has 2 bridgehead atoms. The van der Waals surface area contributed by atoms with Crippen LogP contribution in [-0.4, -0.2) is 27.6 Å². The number of carbonyl (C=O) groups is 2. The Morgan fingerprint density at radius 3 is 2.46 bits per heavy atom. The van der Waals surface area contributed by atoms with Crippen LogP contribution in [0.15, 0.2) is 0 Å². The summed E-state index contributed by atoms with van der Waals surface area (Å²) in [5.74, 6) is -0.412. The molecule has 4 rings (SSSR count). The number of hydrogen-bond acceptors (Lipinski definition) is 3. The van der Waals surface area contributed by atoms with E-state index in [1.807, 2.05) is 6.92 Å². The molecule has 4 heteroatoms. The van der Waals surface area contributed by atoms with E-state index in [0.29, 0.717) is 25.0 Å². The van der Waals surface area contributed by atoms with Gasteiger partial charge >= 0.3 is 5.97 Å². The van der Waals surface area contributed by atoms with Gasteiger partial charge in [-0.1, -0.05) is 20.3 Å². The summed E-state index contributed by atoms with van der Waals surface area (Å²) in [6.45, 7) is 6.08. The lowest BCUT2D eigenvalue weighted by molar-refractivity contribution is -0.266. The quantitative estimate of drug-likeness (QED) is 0.769. The molecular formula is C20H30O4. The molecule has 24 heavy (non-hydrogen) atoms. The van der Waals surface area contributed by atoms with Crippen molar-refractivity contribution in [2.45, 2.75) is 84.2 Å². The Morgan fingerprint density at radius 1 is 1.08 bits per heavy atom. The second-order valence-electron chi connectivity index (χ2n) is 10.1. The van der Waals surface area contributed by atoms with Gasteiger partial charge in [-0.3, -0.25) is 9.59 Å². The second-order valence-corrected chi connectivity index (χ2v) is 10.1.